The fourth-order valence-corrected chi connectivity index (χ4v) is 7.40. The van der Waals surface area contributed by atoms with Crippen molar-refractivity contribution in [1.29, 1.82) is 0 Å². The Morgan fingerprint density at radius 2 is 0.522 bits per heavy atom. The lowest BCUT2D eigenvalue weighted by molar-refractivity contribution is -0.167. The molecule has 0 aromatic rings. The number of carbonyl (C=O) groups is 3. The van der Waals surface area contributed by atoms with Gasteiger partial charge in [0, 0.05) is 19.3 Å². The van der Waals surface area contributed by atoms with E-state index in [1.165, 1.54) is 77.0 Å². The van der Waals surface area contributed by atoms with Crippen LogP contribution in [0.5, 0.6) is 0 Å². The zero-order chi connectivity index (χ0) is 50.0. The molecule has 0 aromatic carbocycles. The lowest BCUT2D eigenvalue weighted by Gasteiger charge is -2.18. The molecule has 392 valence electrons. The fourth-order valence-electron chi connectivity index (χ4n) is 7.40. The number of esters is 3. The highest BCUT2D eigenvalue weighted by Crippen LogP contribution is 2.13. The van der Waals surface area contributed by atoms with Gasteiger partial charge < -0.3 is 14.2 Å². The summed E-state index contributed by atoms with van der Waals surface area (Å²) in [6, 6.07) is 0. The van der Waals surface area contributed by atoms with E-state index in [2.05, 4.69) is 130 Å². The predicted molar refractivity (Wildman–Crippen MR) is 297 cm³/mol. The van der Waals surface area contributed by atoms with Crippen molar-refractivity contribution in [3.63, 3.8) is 0 Å². The van der Waals surface area contributed by atoms with Crippen molar-refractivity contribution >= 4 is 17.9 Å². The normalized spacial score (nSPS) is 12.9. The molecule has 0 rings (SSSR count). The molecule has 0 saturated carbocycles. The molecule has 0 aromatic heterocycles. The summed E-state index contributed by atoms with van der Waals surface area (Å²) in [7, 11) is 0. The third kappa shape index (κ3) is 54.9. The number of carbonyl (C=O) groups excluding carboxylic acids is 3. The Kier molecular flexibility index (Phi) is 53.4. The lowest BCUT2D eigenvalue weighted by Crippen LogP contribution is -2.30. The Hall–Kier alpha value is -3.93. The first-order chi connectivity index (χ1) is 34.0. The van der Waals surface area contributed by atoms with Crippen LogP contribution in [0, 0.1) is 0 Å². The van der Waals surface area contributed by atoms with Crippen molar-refractivity contribution in [2.75, 3.05) is 13.2 Å². The summed E-state index contributed by atoms with van der Waals surface area (Å²) in [4.78, 5) is 38.1. The van der Waals surface area contributed by atoms with Gasteiger partial charge in [-0.1, -0.05) is 207 Å². The molecule has 0 spiro atoms. The smallest absolute Gasteiger partial charge is 0.306 e. The Balaban J connectivity index is 4.53. The minimum Gasteiger partial charge on any atom is -0.462 e. The summed E-state index contributed by atoms with van der Waals surface area (Å²) in [6.07, 6.45) is 76.4. The van der Waals surface area contributed by atoms with E-state index in [4.69, 9.17) is 14.2 Å². The van der Waals surface area contributed by atoms with Gasteiger partial charge in [-0.15, -0.1) is 0 Å². The molecule has 6 nitrogen and oxygen atoms in total. The largest absolute Gasteiger partial charge is 0.462 e. The van der Waals surface area contributed by atoms with Crippen molar-refractivity contribution in [3.8, 4) is 0 Å². The first-order valence-electron chi connectivity index (χ1n) is 28.4. The standard InChI is InChI=1S/C63H104O6/c1-4-7-10-13-16-19-22-25-28-31-34-37-40-43-46-49-52-55-61(64)67-58-60(69-63(66)57-54-51-48-45-42-39-36-33-30-27-24-21-18-15-12-9-6-3)59-68-62(65)56-53-50-47-44-41-38-35-32-29-26-23-20-17-14-11-8-5-2/h16-21,25-30,34-39,60H,4-15,22-24,31-33,40-59H2,1-3H3. The van der Waals surface area contributed by atoms with Crippen molar-refractivity contribution < 1.29 is 28.6 Å². The minimum absolute atomic E-state index is 0.108. The summed E-state index contributed by atoms with van der Waals surface area (Å²) < 4.78 is 16.8. The Morgan fingerprint density at radius 3 is 0.797 bits per heavy atom. The molecule has 0 saturated heterocycles. The number of hydrogen-bond donors (Lipinski definition) is 0. The van der Waals surface area contributed by atoms with E-state index < -0.39 is 6.10 Å². The van der Waals surface area contributed by atoms with Crippen LogP contribution in [0.25, 0.3) is 0 Å². The number of unbranched alkanes of at least 4 members (excludes halogenated alkanes) is 21. The fraction of sp³-hybridized carbons (Fsp3) is 0.667. The maximum absolute atomic E-state index is 12.8. The monoisotopic (exact) mass is 957 g/mol. The van der Waals surface area contributed by atoms with Gasteiger partial charge in [0.1, 0.15) is 13.2 Å². The highest BCUT2D eigenvalue weighted by Gasteiger charge is 2.19. The van der Waals surface area contributed by atoms with Crippen molar-refractivity contribution in [2.45, 2.75) is 258 Å². The van der Waals surface area contributed by atoms with Crippen LogP contribution in [0.1, 0.15) is 252 Å². The van der Waals surface area contributed by atoms with Gasteiger partial charge in [0.15, 0.2) is 6.10 Å². The van der Waals surface area contributed by atoms with E-state index in [1.54, 1.807) is 0 Å². The van der Waals surface area contributed by atoms with Crippen molar-refractivity contribution in [2.24, 2.45) is 0 Å². The second-order valence-electron chi connectivity index (χ2n) is 18.5. The number of allylic oxidation sites excluding steroid dienone is 18. The van der Waals surface area contributed by atoms with Crippen LogP contribution in [0.3, 0.4) is 0 Å². The van der Waals surface area contributed by atoms with E-state index in [-0.39, 0.29) is 37.5 Å². The molecule has 0 N–H and O–H groups in total. The zero-order valence-corrected chi connectivity index (χ0v) is 44.8. The molecule has 0 amide bonds. The Bertz CT molecular complexity index is 1350. The predicted octanol–water partition coefficient (Wildman–Crippen LogP) is 19.1. The molecule has 0 unspecified atom stereocenters. The summed E-state index contributed by atoms with van der Waals surface area (Å²) in [6.45, 7) is 6.50. The van der Waals surface area contributed by atoms with Gasteiger partial charge in [0.2, 0.25) is 0 Å². The van der Waals surface area contributed by atoms with E-state index in [1.807, 2.05) is 0 Å². The van der Waals surface area contributed by atoms with Crippen LogP contribution >= 0.6 is 0 Å². The lowest BCUT2D eigenvalue weighted by atomic mass is 10.1. The Morgan fingerprint density at radius 1 is 0.290 bits per heavy atom. The molecule has 0 radical (unpaired) electrons. The van der Waals surface area contributed by atoms with Crippen LogP contribution in [-0.2, 0) is 28.6 Å². The van der Waals surface area contributed by atoms with E-state index >= 15 is 0 Å². The van der Waals surface area contributed by atoms with Gasteiger partial charge in [0.25, 0.3) is 0 Å². The van der Waals surface area contributed by atoms with Crippen LogP contribution in [0.2, 0.25) is 0 Å². The van der Waals surface area contributed by atoms with Crippen LogP contribution in [-0.4, -0.2) is 37.2 Å². The van der Waals surface area contributed by atoms with Gasteiger partial charge in [-0.3, -0.25) is 14.4 Å². The summed E-state index contributed by atoms with van der Waals surface area (Å²) in [5.74, 6) is -0.972. The van der Waals surface area contributed by atoms with E-state index in [0.717, 1.165) is 135 Å². The third-order valence-corrected chi connectivity index (χ3v) is 11.7. The van der Waals surface area contributed by atoms with Gasteiger partial charge in [-0.05, 0) is 135 Å². The van der Waals surface area contributed by atoms with E-state index in [9.17, 15) is 14.4 Å². The van der Waals surface area contributed by atoms with E-state index in [0.29, 0.717) is 12.8 Å². The Labute approximate surface area is 425 Å². The average Bonchev–Trinajstić information content (AvgIpc) is 3.35. The quantitative estimate of drug-likeness (QED) is 0.0262. The molecule has 0 heterocycles. The second-order valence-corrected chi connectivity index (χ2v) is 18.5. The summed E-state index contributed by atoms with van der Waals surface area (Å²) in [5.41, 5.74) is 0. The molecule has 0 aliphatic carbocycles. The van der Waals surface area contributed by atoms with Crippen molar-refractivity contribution in [3.05, 3.63) is 109 Å². The highest BCUT2D eigenvalue weighted by molar-refractivity contribution is 5.71. The van der Waals surface area contributed by atoms with Crippen molar-refractivity contribution in [1.82, 2.24) is 0 Å². The number of rotatable bonds is 50. The topological polar surface area (TPSA) is 78.9 Å². The summed E-state index contributed by atoms with van der Waals surface area (Å²) in [5, 5.41) is 0. The van der Waals surface area contributed by atoms with Gasteiger partial charge in [-0.25, -0.2) is 0 Å². The molecular formula is C63H104O6. The average molecular weight is 958 g/mol. The van der Waals surface area contributed by atoms with Crippen LogP contribution in [0.4, 0.5) is 0 Å². The maximum atomic E-state index is 12.8. The first kappa shape index (κ1) is 65.1. The zero-order valence-electron chi connectivity index (χ0n) is 44.8. The molecule has 0 aliphatic heterocycles. The number of ether oxygens (including phenoxy) is 3. The molecule has 69 heavy (non-hydrogen) atoms. The SMILES string of the molecule is CCCCCC=CCC=CCC=CCCCCCCC(=O)OCC(COC(=O)CCCCCCC=CCC=CCC=CCCCCC)OC(=O)CCCCCCC=CCC=CCC=CCCCCC. The molecule has 0 bridgehead atoms. The molecule has 0 aliphatic rings. The summed E-state index contributed by atoms with van der Waals surface area (Å²) >= 11 is 0. The third-order valence-electron chi connectivity index (χ3n) is 11.7. The van der Waals surface area contributed by atoms with Crippen LogP contribution in [0.15, 0.2) is 109 Å². The first-order valence-corrected chi connectivity index (χ1v) is 28.4. The highest BCUT2D eigenvalue weighted by atomic mass is 16.6. The minimum atomic E-state index is -0.811. The van der Waals surface area contributed by atoms with Crippen LogP contribution < -0.4 is 0 Å². The van der Waals surface area contributed by atoms with Gasteiger partial charge in [-0.2, -0.15) is 0 Å². The molecule has 0 atom stereocenters. The molecule has 6 heteroatoms. The molecular weight excluding hydrogens is 853 g/mol. The van der Waals surface area contributed by atoms with Gasteiger partial charge >= 0.3 is 17.9 Å². The molecule has 0 fully saturated rings. The second kappa shape index (κ2) is 56.7. The maximum Gasteiger partial charge on any atom is 0.306 e. The number of hydrogen-bond acceptors (Lipinski definition) is 6. The van der Waals surface area contributed by atoms with Gasteiger partial charge in [0.05, 0.1) is 0 Å².